The van der Waals surface area contributed by atoms with Crippen LogP contribution >= 0.6 is 11.3 Å². The normalized spacial score (nSPS) is 26.5. The summed E-state index contributed by atoms with van der Waals surface area (Å²) in [6.45, 7) is 0. The molecule has 1 aromatic heterocycles. The molecule has 1 amide bonds. The van der Waals surface area contributed by atoms with Crippen LogP contribution in [0.2, 0.25) is 0 Å². The Bertz CT molecular complexity index is 772. The maximum absolute atomic E-state index is 12.4. The molecule has 2 bridgehead atoms. The SMILES string of the molecule is O=C(Nc1nc2ccc([N+](=O)[O-])cc2s1)C1CC2CCC1C2. The van der Waals surface area contributed by atoms with Crippen LogP contribution in [0.5, 0.6) is 0 Å². The number of aromatic nitrogens is 1. The Labute approximate surface area is 130 Å². The van der Waals surface area contributed by atoms with E-state index in [1.165, 1.54) is 36.3 Å². The van der Waals surface area contributed by atoms with E-state index in [0.29, 0.717) is 16.6 Å². The van der Waals surface area contributed by atoms with Gasteiger partial charge in [-0.1, -0.05) is 17.8 Å². The first-order valence-corrected chi connectivity index (χ1v) is 8.27. The number of rotatable bonds is 3. The molecule has 2 aliphatic rings. The standard InChI is InChI=1S/C15H15N3O3S/c19-14(11-6-8-1-2-9(11)5-8)17-15-16-12-4-3-10(18(20)21)7-13(12)22-15/h3-4,7-9,11H,1-2,5-6H2,(H,16,17,19). The molecule has 0 radical (unpaired) electrons. The van der Waals surface area contributed by atoms with E-state index in [1.807, 2.05) is 0 Å². The van der Waals surface area contributed by atoms with Gasteiger partial charge < -0.3 is 5.32 Å². The van der Waals surface area contributed by atoms with Crippen molar-refractivity contribution in [3.8, 4) is 0 Å². The molecule has 114 valence electrons. The van der Waals surface area contributed by atoms with Crippen LogP contribution in [-0.4, -0.2) is 15.8 Å². The van der Waals surface area contributed by atoms with Gasteiger partial charge in [0.1, 0.15) is 0 Å². The van der Waals surface area contributed by atoms with Crippen molar-refractivity contribution >= 4 is 38.3 Å². The summed E-state index contributed by atoms with van der Waals surface area (Å²) >= 11 is 1.29. The second-order valence-electron chi connectivity index (χ2n) is 6.20. The van der Waals surface area contributed by atoms with E-state index in [1.54, 1.807) is 6.07 Å². The largest absolute Gasteiger partial charge is 0.302 e. The van der Waals surface area contributed by atoms with Crippen LogP contribution in [0, 0.1) is 27.9 Å². The zero-order valence-corrected chi connectivity index (χ0v) is 12.6. The number of nitrogens with zero attached hydrogens (tertiary/aromatic N) is 2. The van der Waals surface area contributed by atoms with E-state index in [2.05, 4.69) is 10.3 Å². The van der Waals surface area contributed by atoms with Crippen molar-refractivity contribution in [2.45, 2.75) is 25.7 Å². The number of nitro benzene ring substituents is 1. The van der Waals surface area contributed by atoms with Crippen molar-refractivity contribution in [2.24, 2.45) is 17.8 Å². The molecular formula is C15H15N3O3S. The van der Waals surface area contributed by atoms with Gasteiger partial charge in [-0.15, -0.1) is 0 Å². The highest BCUT2D eigenvalue weighted by Gasteiger charge is 2.43. The Morgan fingerprint density at radius 1 is 1.36 bits per heavy atom. The number of non-ortho nitro benzene ring substituents is 1. The molecule has 4 rings (SSSR count). The van der Waals surface area contributed by atoms with Gasteiger partial charge in [-0.05, 0) is 37.2 Å². The number of benzene rings is 1. The zero-order chi connectivity index (χ0) is 15.3. The third kappa shape index (κ3) is 2.25. The maximum Gasteiger partial charge on any atom is 0.270 e. The topological polar surface area (TPSA) is 85.1 Å². The van der Waals surface area contributed by atoms with Crippen molar-refractivity contribution in [1.82, 2.24) is 4.98 Å². The molecule has 3 atom stereocenters. The predicted octanol–water partition coefficient (Wildman–Crippen LogP) is 3.58. The first kappa shape index (κ1) is 13.6. The molecule has 0 saturated heterocycles. The quantitative estimate of drug-likeness (QED) is 0.692. The average molecular weight is 317 g/mol. The number of carbonyl (C=O) groups is 1. The predicted molar refractivity (Wildman–Crippen MR) is 83.8 cm³/mol. The molecule has 2 fully saturated rings. The molecular weight excluding hydrogens is 302 g/mol. The number of fused-ring (bicyclic) bond motifs is 3. The lowest BCUT2D eigenvalue weighted by Crippen LogP contribution is -2.27. The smallest absolute Gasteiger partial charge is 0.270 e. The van der Waals surface area contributed by atoms with Crippen molar-refractivity contribution in [2.75, 3.05) is 5.32 Å². The molecule has 0 spiro atoms. The first-order chi connectivity index (χ1) is 10.6. The Balaban J connectivity index is 1.54. The second kappa shape index (κ2) is 5.01. The van der Waals surface area contributed by atoms with Crippen molar-refractivity contribution in [1.29, 1.82) is 0 Å². The molecule has 7 heteroatoms. The van der Waals surface area contributed by atoms with Crippen LogP contribution in [0.3, 0.4) is 0 Å². The van der Waals surface area contributed by atoms with Crippen LogP contribution in [-0.2, 0) is 4.79 Å². The van der Waals surface area contributed by atoms with Crippen molar-refractivity contribution in [3.05, 3.63) is 28.3 Å². The Kier molecular flexibility index (Phi) is 3.11. The van der Waals surface area contributed by atoms with E-state index in [4.69, 9.17) is 0 Å². The number of thiazole rings is 1. The molecule has 22 heavy (non-hydrogen) atoms. The molecule has 1 heterocycles. The summed E-state index contributed by atoms with van der Waals surface area (Å²) < 4.78 is 0.720. The molecule has 2 saturated carbocycles. The monoisotopic (exact) mass is 317 g/mol. The van der Waals surface area contributed by atoms with Crippen LogP contribution < -0.4 is 5.32 Å². The summed E-state index contributed by atoms with van der Waals surface area (Å²) in [6.07, 6.45) is 4.60. The highest BCUT2D eigenvalue weighted by molar-refractivity contribution is 7.22. The summed E-state index contributed by atoms with van der Waals surface area (Å²) in [5, 5.41) is 14.2. The van der Waals surface area contributed by atoms with E-state index in [-0.39, 0.29) is 17.5 Å². The molecule has 0 aliphatic heterocycles. The number of nitrogens with one attached hydrogen (secondary N) is 1. The van der Waals surface area contributed by atoms with Crippen molar-refractivity contribution in [3.63, 3.8) is 0 Å². The number of nitro groups is 1. The van der Waals surface area contributed by atoms with Gasteiger partial charge in [-0.25, -0.2) is 4.98 Å². The summed E-state index contributed by atoms with van der Waals surface area (Å²) in [5.74, 6) is 1.42. The van der Waals surface area contributed by atoms with Crippen molar-refractivity contribution < 1.29 is 9.72 Å². The van der Waals surface area contributed by atoms with Crippen LogP contribution in [0.15, 0.2) is 18.2 Å². The summed E-state index contributed by atoms with van der Waals surface area (Å²) in [4.78, 5) is 27.1. The molecule has 1 aromatic carbocycles. The minimum absolute atomic E-state index is 0.0436. The lowest BCUT2D eigenvalue weighted by molar-refractivity contribution is -0.384. The third-order valence-corrected chi connectivity index (χ3v) is 5.82. The fourth-order valence-electron chi connectivity index (χ4n) is 3.84. The van der Waals surface area contributed by atoms with Gasteiger partial charge in [0.2, 0.25) is 5.91 Å². The van der Waals surface area contributed by atoms with Gasteiger partial charge in [0.25, 0.3) is 5.69 Å². The highest BCUT2D eigenvalue weighted by atomic mass is 32.1. The van der Waals surface area contributed by atoms with Crippen LogP contribution in [0.1, 0.15) is 25.7 Å². The summed E-state index contributed by atoms with van der Waals surface area (Å²) in [6, 6.07) is 4.56. The van der Waals surface area contributed by atoms with Gasteiger partial charge >= 0.3 is 0 Å². The van der Waals surface area contributed by atoms with E-state index >= 15 is 0 Å². The fraction of sp³-hybridized carbons (Fsp3) is 0.467. The van der Waals surface area contributed by atoms with E-state index in [0.717, 1.165) is 23.5 Å². The van der Waals surface area contributed by atoms with Gasteiger partial charge in [0.05, 0.1) is 15.1 Å². The third-order valence-electron chi connectivity index (χ3n) is 4.89. The number of amides is 1. The Hall–Kier alpha value is -2.02. The fourth-order valence-corrected chi connectivity index (χ4v) is 4.75. The highest BCUT2D eigenvalue weighted by Crippen LogP contribution is 2.48. The van der Waals surface area contributed by atoms with Gasteiger partial charge in [-0.2, -0.15) is 0 Å². The molecule has 2 aromatic rings. The second-order valence-corrected chi connectivity index (χ2v) is 7.23. The van der Waals surface area contributed by atoms with Gasteiger partial charge in [0.15, 0.2) is 5.13 Å². The van der Waals surface area contributed by atoms with E-state index < -0.39 is 4.92 Å². The van der Waals surface area contributed by atoms with Gasteiger partial charge in [0, 0.05) is 18.1 Å². The zero-order valence-electron chi connectivity index (χ0n) is 11.8. The lowest BCUT2D eigenvalue weighted by atomic mass is 9.88. The Morgan fingerprint density at radius 3 is 2.91 bits per heavy atom. The average Bonchev–Trinajstić information content (AvgIpc) is 3.20. The Morgan fingerprint density at radius 2 is 2.23 bits per heavy atom. The van der Waals surface area contributed by atoms with E-state index in [9.17, 15) is 14.9 Å². The first-order valence-electron chi connectivity index (χ1n) is 7.46. The minimum atomic E-state index is -0.424. The number of carbonyl (C=O) groups excluding carboxylic acids is 1. The number of hydrogen-bond donors (Lipinski definition) is 1. The number of hydrogen-bond acceptors (Lipinski definition) is 5. The maximum atomic E-state index is 12.4. The molecule has 2 aliphatic carbocycles. The van der Waals surface area contributed by atoms with Gasteiger partial charge in [-0.3, -0.25) is 14.9 Å². The molecule has 1 N–H and O–H groups in total. The lowest BCUT2D eigenvalue weighted by Gasteiger charge is -2.19. The molecule has 6 nitrogen and oxygen atoms in total. The summed E-state index contributed by atoms with van der Waals surface area (Å²) in [7, 11) is 0. The minimum Gasteiger partial charge on any atom is -0.302 e. The number of anilines is 1. The van der Waals surface area contributed by atoms with Crippen LogP contribution in [0.4, 0.5) is 10.8 Å². The van der Waals surface area contributed by atoms with Crippen LogP contribution in [0.25, 0.3) is 10.2 Å². The molecule has 3 unspecified atom stereocenters. The summed E-state index contributed by atoms with van der Waals surface area (Å²) in [5.41, 5.74) is 0.723.